The average molecular weight is 439 g/mol. The van der Waals surface area contributed by atoms with Crippen molar-refractivity contribution in [1.29, 1.82) is 0 Å². The van der Waals surface area contributed by atoms with Crippen LogP contribution >= 0.6 is 11.6 Å². The Balaban J connectivity index is 1.13. The molecule has 1 amide bonds. The van der Waals surface area contributed by atoms with Crippen LogP contribution in [0.4, 0.5) is 8.78 Å². The van der Waals surface area contributed by atoms with E-state index >= 15 is 0 Å². The second-order valence-electron chi connectivity index (χ2n) is 8.08. The summed E-state index contributed by atoms with van der Waals surface area (Å²) in [5, 5.41) is 7.90. The summed E-state index contributed by atoms with van der Waals surface area (Å²) < 4.78 is 39.0. The molecule has 4 heterocycles. The third-order valence-corrected chi connectivity index (χ3v) is 5.82. The maximum Gasteiger partial charge on any atom is 0.272 e. The van der Waals surface area contributed by atoms with E-state index < -0.39 is 5.92 Å². The molecule has 0 unspecified atom stereocenters. The number of halogens is 3. The summed E-state index contributed by atoms with van der Waals surface area (Å²) >= 11 is 6.04. The second kappa shape index (κ2) is 7.39. The summed E-state index contributed by atoms with van der Waals surface area (Å²) in [5.41, 5.74) is 1.24. The predicted molar refractivity (Wildman–Crippen MR) is 105 cm³/mol. The molecule has 1 fully saturated rings. The van der Waals surface area contributed by atoms with Crippen molar-refractivity contribution in [2.24, 2.45) is 0 Å². The molecule has 10 heteroatoms. The number of carbonyl (C=O) groups is 1. The van der Waals surface area contributed by atoms with Crippen LogP contribution in [-0.2, 0) is 13.0 Å². The first-order chi connectivity index (χ1) is 14.3. The first kappa shape index (κ1) is 19.6. The molecule has 160 valence electrons. The molecule has 1 N–H and O–H groups in total. The van der Waals surface area contributed by atoms with Crippen LogP contribution in [0.3, 0.4) is 0 Å². The standard InChI is InChI=1S/C20H21ClF2N4O3/c21-13-1-2-17-12(5-13)6-14(9-29-17)24-19(28)16-7-18-27(25-16)8-15(30-18)3-4-26-10-20(22,23)11-26/h1-2,5,7,14-15H,3-4,6,8-11H2,(H,24,28)/t14-,15+/m1/s1. The summed E-state index contributed by atoms with van der Waals surface area (Å²) in [7, 11) is 0. The molecule has 0 radical (unpaired) electrons. The molecule has 1 saturated heterocycles. The fraction of sp³-hybridized carbons (Fsp3) is 0.500. The van der Waals surface area contributed by atoms with Crippen molar-refractivity contribution in [2.45, 2.75) is 37.5 Å². The van der Waals surface area contributed by atoms with Crippen LogP contribution in [0.2, 0.25) is 5.02 Å². The molecule has 30 heavy (non-hydrogen) atoms. The fourth-order valence-corrected chi connectivity index (χ4v) is 4.29. The quantitative estimate of drug-likeness (QED) is 0.776. The van der Waals surface area contributed by atoms with E-state index in [1.165, 1.54) is 0 Å². The summed E-state index contributed by atoms with van der Waals surface area (Å²) in [6.45, 7) is 1.07. The third-order valence-electron chi connectivity index (χ3n) is 5.58. The number of hydrogen-bond donors (Lipinski definition) is 1. The number of ether oxygens (including phenoxy) is 2. The first-order valence-corrected chi connectivity index (χ1v) is 10.3. The van der Waals surface area contributed by atoms with Crippen molar-refractivity contribution in [1.82, 2.24) is 20.0 Å². The van der Waals surface area contributed by atoms with Crippen LogP contribution in [0.1, 0.15) is 22.5 Å². The highest BCUT2D eigenvalue weighted by Crippen LogP contribution is 2.30. The molecule has 2 aromatic rings. The molecule has 2 atom stereocenters. The van der Waals surface area contributed by atoms with Crippen molar-refractivity contribution >= 4 is 17.5 Å². The van der Waals surface area contributed by atoms with Crippen LogP contribution in [-0.4, -0.2) is 64.9 Å². The van der Waals surface area contributed by atoms with Crippen molar-refractivity contribution in [3.05, 3.63) is 40.5 Å². The lowest BCUT2D eigenvalue weighted by atomic mass is 10.0. The fourth-order valence-electron chi connectivity index (χ4n) is 4.10. The van der Waals surface area contributed by atoms with Gasteiger partial charge >= 0.3 is 0 Å². The molecule has 0 saturated carbocycles. The lowest BCUT2D eigenvalue weighted by Gasteiger charge is -2.38. The van der Waals surface area contributed by atoms with Crippen LogP contribution < -0.4 is 14.8 Å². The van der Waals surface area contributed by atoms with E-state index in [2.05, 4.69) is 10.4 Å². The first-order valence-electron chi connectivity index (χ1n) is 9.91. The largest absolute Gasteiger partial charge is 0.491 e. The van der Waals surface area contributed by atoms with E-state index in [9.17, 15) is 13.6 Å². The van der Waals surface area contributed by atoms with E-state index in [0.29, 0.717) is 43.4 Å². The number of nitrogens with zero attached hydrogens (tertiary/aromatic N) is 3. The number of rotatable bonds is 5. The number of likely N-dealkylation sites (tertiary alicyclic amines) is 1. The molecule has 7 nitrogen and oxygen atoms in total. The van der Waals surface area contributed by atoms with Crippen LogP contribution in [0.25, 0.3) is 0 Å². The zero-order valence-electron chi connectivity index (χ0n) is 16.1. The third kappa shape index (κ3) is 3.96. The molecule has 1 aromatic heterocycles. The highest BCUT2D eigenvalue weighted by molar-refractivity contribution is 6.30. The van der Waals surface area contributed by atoms with Crippen molar-refractivity contribution in [3.63, 3.8) is 0 Å². The molecule has 1 aromatic carbocycles. The monoisotopic (exact) mass is 438 g/mol. The summed E-state index contributed by atoms with van der Waals surface area (Å²) in [5.74, 6) is -1.54. The maximum absolute atomic E-state index is 12.9. The highest BCUT2D eigenvalue weighted by Gasteiger charge is 2.43. The van der Waals surface area contributed by atoms with Gasteiger partial charge in [-0.1, -0.05) is 11.6 Å². The van der Waals surface area contributed by atoms with Crippen LogP contribution in [0.5, 0.6) is 11.6 Å². The summed E-state index contributed by atoms with van der Waals surface area (Å²) in [4.78, 5) is 14.3. The Morgan fingerprint density at radius 2 is 2.17 bits per heavy atom. The van der Waals surface area contributed by atoms with Gasteiger partial charge in [0.2, 0.25) is 5.88 Å². The van der Waals surface area contributed by atoms with Crippen molar-refractivity contribution in [3.8, 4) is 11.6 Å². The zero-order valence-corrected chi connectivity index (χ0v) is 16.9. The van der Waals surface area contributed by atoms with Gasteiger partial charge in [-0.05, 0) is 36.6 Å². The average Bonchev–Trinajstić information content (AvgIpc) is 3.23. The maximum atomic E-state index is 12.9. The number of benzene rings is 1. The molecule has 0 aliphatic carbocycles. The SMILES string of the molecule is O=C(N[C@H]1COc2ccc(Cl)cc2C1)c1cc2n(n1)C[C@H](CCN1CC(F)(F)C1)O2. The Morgan fingerprint density at radius 3 is 2.93 bits per heavy atom. The number of alkyl halides is 2. The van der Waals surface area contributed by atoms with Gasteiger partial charge in [-0.25, -0.2) is 13.5 Å². The Bertz CT molecular complexity index is 951. The van der Waals surface area contributed by atoms with E-state index in [-0.39, 0.29) is 36.8 Å². The van der Waals surface area contributed by atoms with E-state index in [1.807, 2.05) is 12.1 Å². The van der Waals surface area contributed by atoms with Gasteiger partial charge < -0.3 is 14.8 Å². The number of amides is 1. The smallest absolute Gasteiger partial charge is 0.272 e. The van der Waals surface area contributed by atoms with Gasteiger partial charge in [0.15, 0.2) is 5.69 Å². The Morgan fingerprint density at radius 1 is 1.33 bits per heavy atom. The molecular weight excluding hydrogens is 418 g/mol. The number of hydrogen-bond acceptors (Lipinski definition) is 5. The Hall–Kier alpha value is -2.39. The van der Waals surface area contributed by atoms with Gasteiger partial charge in [-0.2, -0.15) is 5.10 Å². The zero-order chi connectivity index (χ0) is 20.9. The molecule has 3 aliphatic heterocycles. The highest BCUT2D eigenvalue weighted by atomic mass is 35.5. The molecule has 0 bridgehead atoms. The lowest BCUT2D eigenvalue weighted by Crippen LogP contribution is -2.56. The van der Waals surface area contributed by atoms with Crippen LogP contribution in [0, 0.1) is 0 Å². The summed E-state index contributed by atoms with van der Waals surface area (Å²) in [6, 6.07) is 6.88. The molecule has 3 aliphatic rings. The Labute approximate surface area is 176 Å². The van der Waals surface area contributed by atoms with Gasteiger partial charge in [0.05, 0.1) is 25.7 Å². The molecule has 0 spiro atoms. The topological polar surface area (TPSA) is 68.6 Å². The number of aromatic nitrogens is 2. The lowest BCUT2D eigenvalue weighted by molar-refractivity contribution is -0.131. The minimum Gasteiger partial charge on any atom is -0.491 e. The summed E-state index contributed by atoms with van der Waals surface area (Å²) in [6.07, 6.45) is 1.15. The number of nitrogens with one attached hydrogen (secondary N) is 1. The van der Waals surface area contributed by atoms with E-state index in [0.717, 1.165) is 11.3 Å². The van der Waals surface area contributed by atoms with Gasteiger partial charge in [0.25, 0.3) is 11.8 Å². The molecule has 5 rings (SSSR count). The predicted octanol–water partition coefficient (Wildman–Crippen LogP) is 2.37. The van der Waals surface area contributed by atoms with Gasteiger partial charge in [-0.3, -0.25) is 9.69 Å². The van der Waals surface area contributed by atoms with E-state index in [4.69, 9.17) is 21.1 Å². The van der Waals surface area contributed by atoms with Gasteiger partial charge in [-0.15, -0.1) is 0 Å². The number of fused-ring (bicyclic) bond motifs is 2. The molecular formula is C20H21ClF2N4O3. The van der Waals surface area contributed by atoms with E-state index in [1.54, 1.807) is 21.7 Å². The minimum atomic E-state index is -2.55. The number of carbonyl (C=O) groups excluding carboxylic acids is 1. The second-order valence-corrected chi connectivity index (χ2v) is 8.52. The van der Waals surface area contributed by atoms with Gasteiger partial charge in [0.1, 0.15) is 18.5 Å². The Kier molecular flexibility index (Phi) is 4.82. The van der Waals surface area contributed by atoms with Gasteiger partial charge in [0, 0.05) is 17.6 Å². The van der Waals surface area contributed by atoms with Crippen molar-refractivity contribution in [2.75, 3.05) is 26.2 Å². The minimum absolute atomic E-state index is 0.119. The normalized spacial score (nSPS) is 24.2. The van der Waals surface area contributed by atoms with Crippen molar-refractivity contribution < 1.29 is 23.0 Å². The van der Waals surface area contributed by atoms with Crippen LogP contribution in [0.15, 0.2) is 24.3 Å².